The molecule has 1 unspecified atom stereocenters. The van der Waals surface area contributed by atoms with E-state index in [1.54, 1.807) is 10.4 Å². The van der Waals surface area contributed by atoms with Gasteiger partial charge in [0.05, 0.1) is 0 Å². The van der Waals surface area contributed by atoms with Crippen molar-refractivity contribution in [2.45, 2.75) is 44.6 Å². The summed E-state index contributed by atoms with van der Waals surface area (Å²) >= 11 is 1.94. The molecule has 3 rings (SSSR count). The predicted molar refractivity (Wildman–Crippen MR) is 65.3 cm³/mol. The monoisotopic (exact) mass is 221 g/mol. The summed E-state index contributed by atoms with van der Waals surface area (Å²) in [7, 11) is 0. The van der Waals surface area contributed by atoms with Gasteiger partial charge in [-0.05, 0) is 42.7 Å². The Kier molecular flexibility index (Phi) is 2.37. The highest BCUT2D eigenvalue weighted by Crippen LogP contribution is 2.41. The minimum absolute atomic E-state index is 0.276. The summed E-state index contributed by atoms with van der Waals surface area (Å²) in [5, 5.41) is 6.00. The molecule has 0 aromatic carbocycles. The molecule has 1 fully saturated rings. The highest BCUT2D eigenvalue weighted by atomic mass is 32.1. The lowest BCUT2D eigenvalue weighted by Gasteiger charge is -2.40. The Bertz CT molecular complexity index is 353. The first-order chi connectivity index (χ1) is 7.28. The Morgan fingerprint density at radius 2 is 2.40 bits per heavy atom. The van der Waals surface area contributed by atoms with E-state index in [1.165, 1.54) is 32.1 Å². The molecule has 0 saturated heterocycles. The summed E-state index contributed by atoms with van der Waals surface area (Å²) in [5.41, 5.74) is 1.87. The molecule has 1 atom stereocenters. The van der Waals surface area contributed by atoms with Crippen molar-refractivity contribution in [3.63, 3.8) is 0 Å². The summed E-state index contributed by atoms with van der Waals surface area (Å²) in [6.07, 6.45) is 6.94. The maximum absolute atomic E-state index is 3.74. The first-order valence-corrected chi connectivity index (χ1v) is 6.98. The van der Waals surface area contributed by atoms with Crippen LogP contribution in [0.4, 0.5) is 0 Å². The SMILES string of the molecule is CC1(CC2CCC2)NCCc2sccc21. The van der Waals surface area contributed by atoms with Crippen LogP contribution >= 0.6 is 11.3 Å². The molecule has 0 radical (unpaired) electrons. The van der Waals surface area contributed by atoms with E-state index in [0.717, 1.165) is 12.5 Å². The summed E-state index contributed by atoms with van der Waals surface area (Å²) in [5.74, 6) is 0.980. The third kappa shape index (κ3) is 1.64. The van der Waals surface area contributed by atoms with Gasteiger partial charge in [0.15, 0.2) is 0 Å². The quantitative estimate of drug-likeness (QED) is 0.808. The predicted octanol–water partition coefficient (Wildman–Crippen LogP) is 3.30. The van der Waals surface area contributed by atoms with Crippen molar-refractivity contribution >= 4 is 11.3 Å². The van der Waals surface area contributed by atoms with Gasteiger partial charge in [-0.1, -0.05) is 19.3 Å². The molecule has 0 bridgehead atoms. The smallest absolute Gasteiger partial charge is 0.0419 e. The van der Waals surface area contributed by atoms with Gasteiger partial charge in [-0.2, -0.15) is 0 Å². The molecule has 2 heteroatoms. The van der Waals surface area contributed by atoms with Crippen molar-refractivity contribution in [1.29, 1.82) is 0 Å². The van der Waals surface area contributed by atoms with Gasteiger partial charge in [-0.15, -0.1) is 11.3 Å². The van der Waals surface area contributed by atoms with Gasteiger partial charge in [0.1, 0.15) is 0 Å². The van der Waals surface area contributed by atoms with E-state index < -0.39 is 0 Å². The number of thiophene rings is 1. The van der Waals surface area contributed by atoms with Gasteiger partial charge in [0, 0.05) is 17.0 Å². The van der Waals surface area contributed by atoms with Crippen LogP contribution in [-0.2, 0) is 12.0 Å². The second-order valence-electron chi connectivity index (χ2n) is 5.27. The van der Waals surface area contributed by atoms with E-state index in [1.807, 2.05) is 11.3 Å². The van der Waals surface area contributed by atoms with E-state index in [0.29, 0.717) is 0 Å². The van der Waals surface area contributed by atoms with Gasteiger partial charge in [-0.3, -0.25) is 0 Å². The second-order valence-corrected chi connectivity index (χ2v) is 6.27. The van der Waals surface area contributed by atoms with E-state index in [2.05, 4.69) is 23.7 Å². The van der Waals surface area contributed by atoms with Crippen LogP contribution in [0.15, 0.2) is 11.4 Å². The normalized spacial score (nSPS) is 31.0. The third-order valence-corrected chi connectivity index (χ3v) is 5.11. The standard InChI is InChI=1S/C13H19NS/c1-13(9-10-3-2-4-10)11-6-8-15-12(11)5-7-14-13/h6,8,10,14H,2-5,7,9H2,1H3. The van der Waals surface area contributed by atoms with Crippen molar-refractivity contribution in [3.8, 4) is 0 Å². The van der Waals surface area contributed by atoms with Gasteiger partial charge < -0.3 is 5.32 Å². The minimum atomic E-state index is 0.276. The molecule has 15 heavy (non-hydrogen) atoms. The summed E-state index contributed by atoms with van der Waals surface area (Å²) in [6, 6.07) is 2.34. The van der Waals surface area contributed by atoms with Gasteiger partial charge in [0.2, 0.25) is 0 Å². The van der Waals surface area contributed by atoms with Gasteiger partial charge >= 0.3 is 0 Å². The molecule has 82 valence electrons. The Labute approximate surface area is 95.9 Å². The lowest BCUT2D eigenvalue weighted by molar-refractivity contribution is 0.199. The average Bonchev–Trinajstić information content (AvgIpc) is 2.61. The summed E-state index contributed by atoms with van der Waals surface area (Å²) in [4.78, 5) is 1.62. The maximum Gasteiger partial charge on any atom is 0.0419 e. The first-order valence-electron chi connectivity index (χ1n) is 6.10. The van der Waals surface area contributed by atoms with Crippen LogP contribution in [0.1, 0.15) is 43.0 Å². The summed E-state index contributed by atoms with van der Waals surface area (Å²) in [6.45, 7) is 3.56. The highest BCUT2D eigenvalue weighted by Gasteiger charge is 2.35. The van der Waals surface area contributed by atoms with Crippen LogP contribution < -0.4 is 5.32 Å². The van der Waals surface area contributed by atoms with Crippen LogP contribution in [0.3, 0.4) is 0 Å². The molecule has 0 spiro atoms. The fourth-order valence-corrected chi connectivity index (χ4v) is 4.04. The number of fused-ring (bicyclic) bond motifs is 1. The van der Waals surface area contributed by atoms with Crippen LogP contribution in [0.25, 0.3) is 0 Å². The molecule has 1 aliphatic carbocycles. The van der Waals surface area contributed by atoms with Crippen molar-refractivity contribution in [2.24, 2.45) is 5.92 Å². The number of rotatable bonds is 2. The molecule has 2 heterocycles. The highest BCUT2D eigenvalue weighted by molar-refractivity contribution is 7.10. The Morgan fingerprint density at radius 3 is 3.13 bits per heavy atom. The van der Waals surface area contributed by atoms with Crippen LogP contribution in [0.2, 0.25) is 0 Å². The third-order valence-electron chi connectivity index (χ3n) is 4.13. The average molecular weight is 221 g/mol. The molecular formula is C13H19NS. The lowest BCUT2D eigenvalue weighted by Crippen LogP contribution is -2.46. The van der Waals surface area contributed by atoms with Crippen LogP contribution in [-0.4, -0.2) is 6.54 Å². The molecule has 1 aromatic heterocycles. The van der Waals surface area contributed by atoms with Crippen molar-refractivity contribution in [1.82, 2.24) is 5.32 Å². The fraction of sp³-hybridized carbons (Fsp3) is 0.692. The second kappa shape index (κ2) is 3.60. The minimum Gasteiger partial charge on any atom is -0.307 e. The molecule has 2 aliphatic rings. The topological polar surface area (TPSA) is 12.0 Å². The van der Waals surface area contributed by atoms with Crippen molar-refractivity contribution in [3.05, 3.63) is 21.9 Å². The molecular weight excluding hydrogens is 202 g/mol. The van der Waals surface area contributed by atoms with Gasteiger partial charge in [0.25, 0.3) is 0 Å². The van der Waals surface area contributed by atoms with Crippen LogP contribution in [0, 0.1) is 5.92 Å². The zero-order valence-electron chi connectivity index (χ0n) is 9.38. The molecule has 1 N–H and O–H groups in total. The van der Waals surface area contributed by atoms with Crippen LogP contribution in [0.5, 0.6) is 0 Å². The summed E-state index contributed by atoms with van der Waals surface area (Å²) < 4.78 is 0. The molecule has 1 aliphatic heterocycles. The van der Waals surface area contributed by atoms with Gasteiger partial charge in [-0.25, -0.2) is 0 Å². The Balaban J connectivity index is 1.85. The lowest BCUT2D eigenvalue weighted by atomic mass is 9.73. The largest absolute Gasteiger partial charge is 0.307 e. The Hall–Kier alpha value is -0.340. The zero-order chi connectivity index (χ0) is 10.3. The van der Waals surface area contributed by atoms with E-state index in [9.17, 15) is 0 Å². The van der Waals surface area contributed by atoms with E-state index in [-0.39, 0.29) is 5.54 Å². The van der Waals surface area contributed by atoms with Crippen molar-refractivity contribution < 1.29 is 0 Å². The molecule has 1 saturated carbocycles. The van der Waals surface area contributed by atoms with E-state index >= 15 is 0 Å². The zero-order valence-corrected chi connectivity index (χ0v) is 10.2. The number of hydrogen-bond donors (Lipinski definition) is 1. The molecule has 1 aromatic rings. The Morgan fingerprint density at radius 1 is 1.53 bits per heavy atom. The van der Waals surface area contributed by atoms with Crippen molar-refractivity contribution in [2.75, 3.05) is 6.54 Å². The van der Waals surface area contributed by atoms with E-state index in [4.69, 9.17) is 0 Å². The number of nitrogens with one attached hydrogen (secondary N) is 1. The maximum atomic E-state index is 3.74. The molecule has 0 amide bonds. The fourth-order valence-electron chi connectivity index (χ4n) is 3.03. The molecule has 1 nitrogen and oxygen atoms in total. The number of hydrogen-bond acceptors (Lipinski definition) is 2. The first kappa shape index (κ1) is 9.86.